The maximum atomic E-state index is 12.7. The van der Waals surface area contributed by atoms with Crippen LogP contribution in [0.4, 0.5) is 0 Å². The Morgan fingerprint density at radius 1 is 1.33 bits per heavy atom. The first kappa shape index (κ1) is 18.7. The van der Waals surface area contributed by atoms with Crippen molar-refractivity contribution in [1.82, 2.24) is 0 Å². The Bertz CT molecular complexity index is 972. The number of carboxylic acid groups (broad SMARTS) is 1. The smallest absolute Gasteiger partial charge is 0.331 e. The van der Waals surface area contributed by atoms with Gasteiger partial charge in [-0.25, -0.2) is 4.79 Å². The Balaban J connectivity index is 2.39. The van der Waals surface area contributed by atoms with E-state index in [0.717, 1.165) is 6.08 Å². The van der Waals surface area contributed by atoms with E-state index in [2.05, 4.69) is 0 Å². The number of carbonyl (C=O) groups is 2. The van der Waals surface area contributed by atoms with Crippen LogP contribution in [-0.4, -0.2) is 46.9 Å². The molecule has 0 amide bonds. The number of rotatable bonds is 4. The summed E-state index contributed by atoms with van der Waals surface area (Å²) in [6, 6.07) is 6.78. The molecule has 3 rings (SSSR count). The van der Waals surface area contributed by atoms with Gasteiger partial charge in [-0.05, 0) is 30.0 Å². The Morgan fingerprint density at radius 2 is 2.04 bits per heavy atom. The molecule has 27 heavy (non-hydrogen) atoms. The van der Waals surface area contributed by atoms with E-state index < -0.39 is 23.3 Å². The first-order valence-corrected chi connectivity index (χ1v) is 8.28. The van der Waals surface area contributed by atoms with Crippen LogP contribution in [0.1, 0.15) is 35.2 Å². The van der Waals surface area contributed by atoms with E-state index in [1.54, 1.807) is 24.3 Å². The van der Waals surface area contributed by atoms with E-state index in [9.17, 15) is 19.8 Å². The van der Waals surface area contributed by atoms with Crippen molar-refractivity contribution < 1.29 is 34.4 Å². The number of phenols is 1. The van der Waals surface area contributed by atoms with Gasteiger partial charge in [-0.1, -0.05) is 12.1 Å². The van der Waals surface area contributed by atoms with Crippen LogP contribution in [0.3, 0.4) is 0 Å². The fraction of sp³-hybridized carbons (Fsp3) is 0.300. The summed E-state index contributed by atoms with van der Waals surface area (Å²) in [5, 5.41) is 31.8. The zero-order valence-electron chi connectivity index (χ0n) is 15.1. The van der Waals surface area contributed by atoms with E-state index in [0.29, 0.717) is 22.1 Å². The van der Waals surface area contributed by atoms with Crippen LogP contribution in [0, 0.1) is 0 Å². The lowest BCUT2D eigenvalue weighted by Crippen LogP contribution is -2.41. The highest BCUT2D eigenvalue weighted by Gasteiger charge is 2.46. The van der Waals surface area contributed by atoms with Crippen molar-refractivity contribution >= 4 is 22.5 Å². The molecule has 1 aliphatic rings. The van der Waals surface area contributed by atoms with Gasteiger partial charge >= 0.3 is 5.97 Å². The lowest BCUT2D eigenvalue weighted by atomic mass is 9.70. The number of ketones is 1. The number of carboxylic acids is 1. The number of aliphatic carboxylic acids is 1. The van der Waals surface area contributed by atoms with E-state index in [4.69, 9.17) is 14.6 Å². The third-order valence-corrected chi connectivity index (χ3v) is 4.87. The number of fused-ring (bicyclic) bond motifs is 2. The summed E-state index contributed by atoms with van der Waals surface area (Å²) in [5.41, 5.74) is -1.24. The van der Waals surface area contributed by atoms with Gasteiger partial charge < -0.3 is 24.8 Å². The molecule has 1 aliphatic carbocycles. The minimum absolute atomic E-state index is 0.0112. The Labute approximate surface area is 155 Å². The average molecular weight is 372 g/mol. The number of aliphatic hydroxyl groups is 1. The minimum atomic E-state index is -1.58. The van der Waals surface area contributed by atoms with Crippen LogP contribution in [-0.2, 0) is 9.53 Å². The number of Topliss-reactive ketones (excluding diaryl/α,β-unsaturated/α-hetero) is 1. The van der Waals surface area contributed by atoms with Crippen LogP contribution in [0.25, 0.3) is 10.8 Å². The third kappa shape index (κ3) is 3.00. The van der Waals surface area contributed by atoms with E-state index in [-0.39, 0.29) is 23.5 Å². The highest BCUT2D eigenvalue weighted by atomic mass is 16.5. The maximum absolute atomic E-state index is 12.7. The van der Waals surface area contributed by atoms with Gasteiger partial charge in [0.2, 0.25) is 0 Å². The van der Waals surface area contributed by atoms with Gasteiger partial charge in [-0.15, -0.1) is 0 Å². The fourth-order valence-electron chi connectivity index (χ4n) is 3.81. The molecule has 2 atom stereocenters. The molecule has 2 aromatic rings. The molecule has 0 bridgehead atoms. The van der Waals surface area contributed by atoms with Crippen LogP contribution in [0.2, 0.25) is 0 Å². The summed E-state index contributed by atoms with van der Waals surface area (Å²) < 4.78 is 10.5. The summed E-state index contributed by atoms with van der Waals surface area (Å²) in [4.78, 5) is 23.9. The third-order valence-electron chi connectivity index (χ3n) is 4.87. The molecule has 7 heteroatoms. The molecule has 0 saturated heterocycles. The standard InChI is InChI=1S/C20H20O7/c1-20(25)9-12(21)17-11(18(20)14(27-3)8-15(22)23)7-10-5-4-6-13(26-2)16(10)19(17)24/h4-8,18,24-25H,9H2,1-3H3,(H,22,23)/b14-8-/t18-,20+/m1/s1. The molecule has 3 N–H and O–H groups in total. The summed E-state index contributed by atoms with van der Waals surface area (Å²) >= 11 is 0. The molecule has 0 fully saturated rings. The van der Waals surface area contributed by atoms with Gasteiger partial charge in [0.15, 0.2) is 5.78 Å². The topological polar surface area (TPSA) is 113 Å². The number of methoxy groups -OCH3 is 2. The normalized spacial score (nSPS) is 22.4. The van der Waals surface area contributed by atoms with Gasteiger partial charge in [-0.2, -0.15) is 0 Å². The number of carbonyl (C=O) groups excluding carboxylic acids is 1. The van der Waals surface area contributed by atoms with E-state index in [1.165, 1.54) is 21.1 Å². The van der Waals surface area contributed by atoms with E-state index in [1.807, 2.05) is 0 Å². The van der Waals surface area contributed by atoms with Crippen molar-refractivity contribution in [2.45, 2.75) is 24.9 Å². The van der Waals surface area contributed by atoms with Crippen LogP contribution >= 0.6 is 0 Å². The molecule has 0 aliphatic heterocycles. The van der Waals surface area contributed by atoms with Gasteiger partial charge in [0.25, 0.3) is 0 Å². The largest absolute Gasteiger partial charge is 0.506 e. The molecule has 0 spiro atoms. The summed E-state index contributed by atoms with van der Waals surface area (Å²) in [5.74, 6) is -2.48. The molecule has 0 aromatic heterocycles. The van der Waals surface area contributed by atoms with Crippen molar-refractivity contribution in [2.75, 3.05) is 14.2 Å². The van der Waals surface area contributed by atoms with Crippen molar-refractivity contribution in [2.24, 2.45) is 0 Å². The summed E-state index contributed by atoms with van der Waals surface area (Å²) in [6.45, 7) is 1.44. The fourth-order valence-corrected chi connectivity index (χ4v) is 3.81. The zero-order valence-corrected chi connectivity index (χ0v) is 15.1. The minimum Gasteiger partial charge on any atom is -0.506 e. The number of phenolic OH excluding ortho intramolecular Hbond substituents is 1. The number of hydrogen-bond acceptors (Lipinski definition) is 6. The van der Waals surface area contributed by atoms with Crippen LogP contribution in [0.15, 0.2) is 36.1 Å². The molecule has 0 unspecified atom stereocenters. The number of benzene rings is 2. The molecule has 2 aromatic carbocycles. The molecular formula is C20H20O7. The first-order chi connectivity index (χ1) is 12.7. The summed E-state index contributed by atoms with van der Waals surface area (Å²) in [6.07, 6.45) is 0.560. The second-order valence-electron chi connectivity index (χ2n) is 6.73. The van der Waals surface area contributed by atoms with Crippen molar-refractivity contribution in [1.29, 1.82) is 0 Å². The lowest BCUT2D eigenvalue weighted by Gasteiger charge is -2.38. The van der Waals surface area contributed by atoms with Crippen LogP contribution < -0.4 is 4.74 Å². The zero-order chi connectivity index (χ0) is 19.9. The Hall–Kier alpha value is -3.06. The van der Waals surface area contributed by atoms with Crippen molar-refractivity contribution in [3.05, 3.63) is 47.2 Å². The highest BCUT2D eigenvalue weighted by Crippen LogP contribution is 2.49. The van der Waals surface area contributed by atoms with Gasteiger partial charge in [0.05, 0.1) is 42.8 Å². The quantitative estimate of drug-likeness (QED) is 0.558. The van der Waals surface area contributed by atoms with Gasteiger partial charge in [-0.3, -0.25) is 4.79 Å². The monoisotopic (exact) mass is 372 g/mol. The number of hydrogen-bond donors (Lipinski definition) is 3. The van der Waals surface area contributed by atoms with Gasteiger partial charge in [0.1, 0.15) is 17.3 Å². The van der Waals surface area contributed by atoms with Gasteiger partial charge in [0, 0.05) is 6.42 Å². The molecule has 142 valence electrons. The molecular weight excluding hydrogens is 352 g/mol. The second-order valence-corrected chi connectivity index (χ2v) is 6.73. The maximum Gasteiger partial charge on any atom is 0.331 e. The Kier molecular flexibility index (Phi) is 4.57. The number of aromatic hydroxyl groups is 1. The summed E-state index contributed by atoms with van der Waals surface area (Å²) in [7, 11) is 2.76. The van der Waals surface area contributed by atoms with Crippen molar-refractivity contribution in [3.63, 3.8) is 0 Å². The molecule has 7 nitrogen and oxygen atoms in total. The average Bonchev–Trinajstić information content (AvgIpc) is 2.58. The van der Waals surface area contributed by atoms with E-state index >= 15 is 0 Å². The highest BCUT2D eigenvalue weighted by molar-refractivity contribution is 6.09. The van der Waals surface area contributed by atoms with Crippen LogP contribution in [0.5, 0.6) is 11.5 Å². The second kappa shape index (κ2) is 6.59. The lowest BCUT2D eigenvalue weighted by molar-refractivity contribution is -0.131. The predicted octanol–water partition coefficient (Wildman–Crippen LogP) is 2.59. The number of ether oxygens (including phenoxy) is 2. The first-order valence-electron chi connectivity index (χ1n) is 8.28. The van der Waals surface area contributed by atoms with Crippen molar-refractivity contribution in [3.8, 4) is 11.5 Å². The molecule has 0 radical (unpaired) electrons. The molecule has 0 heterocycles. The Morgan fingerprint density at radius 3 is 2.63 bits per heavy atom. The SMILES string of the molecule is CO/C(=C\C(=O)O)[C@H]1c2cc3cccc(OC)c3c(O)c2C(=O)C[C@]1(C)O. The molecule has 0 saturated carbocycles. The predicted molar refractivity (Wildman–Crippen MR) is 97.2 cm³/mol.